The molecule has 0 radical (unpaired) electrons. The maximum Gasteiger partial charge on any atom is 0.293 e. The molecular formula is C21H30N4O5S. The zero-order chi connectivity index (χ0) is 22.3. The Bertz CT molecular complexity index is 952. The van der Waals surface area contributed by atoms with Crippen LogP contribution in [-0.2, 0) is 26.1 Å². The fraction of sp³-hybridized carbons (Fsp3) is 0.524. The number of hydrogen-bond acceptors (Lipinski definition) is 7. The van der Waals surface area contributed by atoms with E-state index in [0.29, 0.717) is 19.6 Å². The molecule has 10 heteroatoms. The van der Waals surface area contributed by atoms with Crippen LogP contribution in [0.3, 0.4) is 0 Å². The van der Waals surface area contributed by atoms with Crippen molar-refractivity contribution in [1.82, 2.24) is 10.2 Å². The van der Waals surface area contributed by atoms with Crippen molar-refractivity contribution in [3.05, 3.63) is 40.4 Å². The van der Waals surface area contributed by atoms with Crippen LogP contribution in [0.4, 0.5) is 0 Å². The van der Waals surface area contributed by atoms with Gasteiger partial charge in [0.1, 0.15) is 11.4 Å². The quantitative estimate of drug-likeness (QED) is 0.518. The molecule has 0 saturated carbocycles. The van der Waals surface area contributed by atoms with Gasteiger partial charge >= 0.3 is 0 Å². The number of likely N-dealkylation sites (tertiary alicyclic amines) is 1. The summed E-state index contributed by atoms with van der Waals surface area (Å²) in [5.74, 6) is -0.349. The number of nitrogens with zero attached hydrogens (tertiary/aromatic N) is 2. The van der Waals surface area contributed by atoms with Crippen molar-refractivity contribution < 1.29 is 22.7 Å². The SMILES string of the molecule is CCOC1=NS(=O)(=O)C(C(N)=O)=C1NCCCOc1ccccc1CN1CCCCC1. The number of nitrogens with two attached hydrogens (primary N) is 1. The predicted molar refractivity (Wildman–Crippen MR) is 118 cm³/mol. The minimum atomic E-state index is -4.14. The van der Waals surface area contributed by atoms with E-state index in [1.807, 2.05) is 18.2 Å². The Kier molecular flexibility index (Phi) is 7.91. The highest BCUT2D eigenvalue weighted by Gasteiger charge is 2.37. The van der Waals surface area contributed by atoms with Crippen LogP contribution >= 0.6 is 0 Å². The molecule has 1 aromatic rings. The van der Waals surface area contributed by atoms with Crippen molar-refractivity contribution in [1.29, 1.82) is 0 Å². The maximum atomic E-state index is 12.1. The third-order valence-electron chi connectivity index (χ3n) is 5.10. The van der Waals surface area contributed by atoms with Gasteiger partial charge in [0.25, 0.3) is 21.8 Å². The number of rotatable bonds is 10. The fourth-order valence-corrected chi connectivity index (χ4v) is 4.79. The van der Waals surface area contributed by atoms with Gasteiger partial charge in [0, 0.05) is 18.7 Å². The van der Waals surface area contributed by atoms with Gasteiger partial charge in [0.2, 0.25) is 0 Å². The van der Waals surface area contributed by atoms with Crippen molar-refractivity contribution in [2.75, 3.05) is 32.8 Å². The summed E-state index contributed by atoms with van der Waals surface area (Å²) in [5, 5.41) is 2.93. The molecule has 31 heavy (non-hydrogen) atoms. The molecule has 0 atom stereocenters. The number of piperidine rings is 1. The van der Waals surface area contributed by atoms with E-state index in [2.05, 4.69) is 20.7 Å². The number of sulfonamides is 1. The van der Waals surface area contributed by atoms with E-state index < -0.39 is 20.8 Å². The number of benzene rings is 1. The summed E-state index contributed by atoms with van der Waals surface area (Å²) in [6.07, 6.45) is 4.35. The topological polar surface area (TPSA) is 123 Å². The van der Waals surface area contributed by atoms with Gasteiger partial charge in [0.15, 0.2) is 4.91 Å². The number of amides is 1. The third-order valence-corrected chi connectivity index (χ3v) is 6.43. The summed E-state index contributed by atoms with van der Waals surface area (Å²) in [5.41, 5.74) is 6.42. The van der Waals surface area contributed by atoms with Crippen LogP contribution < -0.4 is 15.8 Å². The minimum Gasteiger partial charge on any atom is -0.493 e. The van der Waals surface area contributed by atoms with Crippen molar-refractivity contribution in [2.45, 2.75) is 39.2 Å². The van der Waals surface area contributed by atoms with Crippen molar-refractivity contribution >= 4 is 21.8 Å². The number of ether oxygens (including phenoxy) is 2. The van der Waals surface area contributed by atoms with E-state index in [1.54, 1.807) is 6.92 Å². The lowest BCUT2D eigenvalue weighted by Crippen LogP contribution is -2.29. The van der Waals surface area contributed by atoms with Crippen LogP contribution in [0.15, 0.2) is 39.3 Å². The van der Waals surface area contributed by atoms with Gasteiger partial charge in [-0.1, -0.05) is 24.6 Å². The number of nitrogens with one attached hydrogen (secondary N) is 1. The number of hydrogen-bond donors (Lipinski definition) is 2. The second-order valence-electron chi connectivity index (χ2n) is 7.45. The third kappa shape index (κ3) is 5.98. The number of carbonyl (C=O) groups is 1. The minimum absolute atomic E-state index is 0.0137. The highest BCUT2D eigenvalue weighted by atomic mass is 32.2. The number of primary amides is 1. The normalized spacial score (nSPS) is 18.5. The van der Waals surface area contributed by atoms with Gasteiger partial charge in [-0.3, -0.25) is 9.69 Å². The Morgan fingerprint density at radius 2 is 1.94 bits per heavy atom. The molecule has 9 nitrogen and oxygen atoms in total. The fourth-order valence-electron chi connectivity index (χ4n) is 3.67. The van der Waals surface area contributed by atoms with Crippen molar-refractivity contribution in [3.8, 4) is 5.75 Å². The molecule has 1 saturated heterocycles. The lowest BCUT2D eigenvalue weighted by atomic mass is 10.1. The molecule has 0 aliphatic carbocycles. The molecule has 2 aliphatic heterocycles. The molecule has 170 valence electrons. The van der Waals surface area contributed by atoms with E-state index in [4.69, 9.17) is 15.2 Å². The van der Waals surface area contributed by atoms with Crippen LogP contribution in [0.1, 0.15) is 38.2 Å². The molecule has 1 aromatic carbocycles. The van der Waals surface area contributed by atoms with Crippen LogP contribution in [0.5, 0.6) is 5.75 Å². The number of para-hydroxylation sites is 1. The molecule has 0 aromatic heterocycles. The van der Waals surface area contributed by atoms with Gasteiger partial charge < -0.3 is 20.5 Å². The van der Waals surface area contributed by atoms with Crippen LogP contribution in [0, 0.1) is 0 Å². The molecule has 0 spiro atoms. The number of carbonyl (C=O) groups excluding carboxylic acids is 1. The highest BCUT2D eigenvalue weighted by molar-refractivity contribution is 7.95. The average molecular weight is 451 g/mol. The maximum absolute atomic E-state index is 12.1. The van der Waals surface area contributed by atoms with Crippen LogP contribution in [0.2, 0.25) is 0 Å². The summed E-state index contributed by atoms with van der Waals surface area (Å²) in [7, 11) is -4.14. The van der Waals surface area contributed by atoms with Gasteiger partial charge in [-0.05, 0) is 45.3 Å². The van der Waals surface area contributed by atoms with E-state index >= 15 is 0 Å². The first kappa shape index (κ1) is 23.1. The van der Waals surface area contributed by atoms with Crippen LogP contribution in [-0.4, -0.2) is 58.0 Å². The monoisotopic (exact) mass is 450 g/mol. The Morgan fingerprint density at radius 1 is 1.19 bits per heavy atom. The zero-order valence-corrected chi connectivity index (χ0v) is 18.6. The Balaban J connectivity index is 1.55. The lowest BCUT2D eigenvalue weighted by molar-refractivity contribution is -0.114. The summed E-state index contributed by atoms with van der Waals surface area (Å²) in [6, 6.07) is 8.01. The Labute approximate surface area is 183 Å². The lowest BCUT2D eigenvalue weighted by Gasteiger charge is -2.27. The smallest absolute Gasteiger partial charge is 0.293 e. The first-order valence-corrected chi connectivity index (χ1v) is 12.1. The van der Waals surface area contributed by atoms with Crippen LogP contribution in [0.25, 0.3) is 0 Å². The van der Waals surface area contributed by atoms with E-state index in [-0.39, 0.29) is 18.2 Å². The molecule has 2 aliphatic rings. The average Bonchev–Trinajstić information content (AvgIpc) is 2.99. The van der Waals surface area contributed by atoms with Gasteiger partial charge in [-0.25, -0.2) is 0 Å². The van der Waals surface area contributed by atoms with Gasteiger partial charge in [-0.2, -0.15) is 8.42 Å². The standard InChI is InChI=1S/C21H30N4O5S/c1-2-29-21-18(19(20(22)26)31(27,28)24-21)23-11-8-14-30-17-10-5-4-9-16(17)15-25-12-6-3-7-13-25/h4-5,9-10,23H,2-3,6-8,11-15H2,1H3,(H2,22,26). The van der Waals surface area contributed by atoms with Gasteiger partial charge in [-0.15, -0.1) is 4.40 Å². The largest absolute Gasteiger partial charge is 0.493 e. The highest BCUT2D eigenvalue weighted by Crippen LogP contribution is 2.24. The van der Waals surface area contributed by atoms with Crippen molar-refractivity contribution in [2.24, 2.45) is 10.1 Å². The van der Waals surface area contributed by atoms with Gasteiger partial charge in [0.05, 0.1) is 13.2 Å². The second-order valence-corrected chi connectivity index (χ2v) is 8.99. The summed E-state index contributed by atoms with van der Waals surface area (Å²) >= 11 is 0. The molecular weight excluding hydrogens is 420 g/mol. The summed E-state index contributed by atoms with van der Waals surface area (Å²) in [6.45, 7) is 5.80. The first-order chi connectivity index (χ1) is 14.9. The first-order valence-electron chi connectivity index (χ1n) is 10.6. The zero-order valence-electron chi connectivity index (χ0n) is 17.8. The van der Waals surface area contributed by atoms with E-state index in [0.717, 1.165) is 30.9 Å². The van der Waals surface area contributed by atoms with E-state index in [9.17, 15) is 13.2 Å². The predicted octanol–water partition coefficient (Wildman–Crippen LogP) is 1.51. The van der Waals surface area contributed by atoms with E-state index in [1.165, 1.54) is 19.3 Å². The van der Waals surface area contributed by atoms with Crippen molar-refractivity contribution in [3.63, 3.8) is 0 Å². The Morgan fingerprint density at radius 3 is 2.65 bits per heavy atom. The molecule has 0 unspecified atom stereocenters. The molecule has 3 rings (SSSR count). The summed E-state index contributed by atoms with van der Waals surface area (Å²) in [4.78, 5) is 13.5. The molecule has 3 N–H and O–H groups in total. The molecule has 0 bridgehead atoms. The molecule has 1 amide bonds. The Hall–Kier alpha value is -2.59. The second kappa shape index (κ2) is 10.6. The summed E-state index contributed by atoms with van der Waals surface area (Å²) < 4.78 is 38.9. The molecule has 2 heterocycles. The molecule has 1 fully saturated rings.